The van der Waals surface area contributed by atoms with Gasteiger partial charge in [-0.1, -0.05) is 31.4 Å². The molecule has 2 rings (SSSR count). The molecule has 0 unspecified atom stereocenters. The van der Waals surface area contributed by atoms with E-state index in [1.54, 1.807) is 0 Å². The van der Waals surface area contributed by atoms with Crippen molar-refractivity contribution in [2.24, 2.45) is 5.92 Å². The minimum atomic E-state index is -0.867. The fraction of sp³-hybridized carbons (Fsp3) is 0.467. The summed E-state index contributed by atoms with van der Waals surface area (Å²) < 4.78 is 13.6. The lowest BCUT2D eigenvalue weighted by atomic mass is 9.86. The number of hydrogen-bond donors (Lipinski definition) is 2. The van der Waals surface area contributed by atoms with Crippen molar-refractivity contribution in [3.8, 4) is 0 Å². The molecule has 2 atom stereocenters. The Labute approximate surface area is 128 Å². The normalized spacial score (nSPS) is 21.7. The Morgan fingerprint density at radius 2 is 1.95 bits per heavy atom. The maximum absolute atomic E-state index is 13.6. The molecule has 2 amide bonds. The monoisotopic (exact) mass is 312 g/mol. The summed E-state index contributed by atoms with van der Waals surface area (Å²) in [5.74, 6) is -1.92. The highest BCUT2D eigenvalue weighted by Crippen LogP contribution is 2.23. The first-order valence-electron chi connectivity index (χ1n) is 7.04. The van der Waals surface area contributed by atoms with E-state index in [4.69, 9.17) is 11.6 Å². The molecule has 0 aromatic heterocycles. The van der Waals surface area contributed by atoms with E-state index in [1.807, 2.05) is 0 Å². The van der Waals surface area contributed by atoms with Gasteiger partial charge in [-0.25, -0.2) is 4.39 Å². The van der Waals surface area contributed by atoms with E-state index in [0.29, 0.717) is 5.92 Å². The van der Waals surface area contributed by atoms with Crippen LogP contribution < -0.4 is 10.6 Å². The van der Waals surface area contributed by atoms with Crippen LogP contribution in [0.5, 0.6) is 0 Å². The largest absolute Gasteiger partial charge is 0.345 e. The van der Waals surface area contributed by atoms with Crippen molar-refractivity contribution >= 4 is 29.1 Å². The SMILES string of the molecule is C[C@@H]1CCCC[C@@H]1NC(=O)C(=O)Nc1ccc(Cl)cc1F. The van der Waals surface area contributed by atoms with Gasteiger partial charge in [-0.05, 0) is 37.0 Å². The Morgan fingerprint density at radius 3 is 2.62 bits per heavy atom. The van der Waals surface area contributed by atoms with Gasteiger partial charge in [-0.3, -0.25) is 9.59 Å². The molecule has 1 fully saturated rings. The average Bonchev–Trinajstić information content (AvgIpc) is 2.44. The molecule has 0 spiro atoms. The van der Waals surface area contributed by atoms with Crippen LogP contribution in [0.3, 0.4) is 0 Å². The van der Waals surface area contributed by atoms with Gasteiger partial charge in [0.2, 0.25) is 0 Å². The minimum Gasteiger partial charge on any atom is -0.345 e. The number of anilines is 1. The molecule has 0 saturated heterocycles. The van der Waals surface area contributed by atoms with Gasteiger partial charge in [0.1, 0.15) is 5.82 Å². The summed E-state index contributed by atoms with van der Waals surface area (Å²) in [6.45, 7) is 2.06. The number of benzene rings is 1. The topological polar surface area (TPSA) is 58.2 Å². The van der Waals surface area contributed by atoms with E-state index < -0.39 is 17.6 Å². The molecule has 1 aliphatic rings. The molecular weight excluding hydrogens is 295 g/mol. The van der Waals surface area contributed by atoms with Gasteiger partial charge in [0, 0.05) is 11.1 Å². The summed E-state index contributed by atoms with van der Waals surface area (Å²) in [5, 5.41) is 5.20. The maximum Gasteiger partial charge on any atom is 0.313 e. The molecule has 4 nitrogen and oxygen atoms in total. The molecule has 0 bridgehead atoms. The molecular formula is C15H18ClFN2O2. The molecule has 0 aliphatic heterocycles. The van der Waals surface area contributed by atoms with Crippen LogP contribution in [-0.4, -0.2) is 17.9 Å². The lowest BCUT2D eigenvalue weighted by Crippen LogP contribution is -2.45. The van der Waals surface area contributed by atoms with Crippen LogP contribution in [-0.2, 0) is 9.59 Å². The van der Waals surface area contributed by atoms with Crippen LogP contribution in [0, 0.1) is 11.7 Å². The highest BCUT2D eigenvalue weighted by molar-refractivity contribution is 6.39. The van der Waals surface area contributed by atoms with Crippen molar-refractivity contribution in [2.75, 3.05) is 5.32 Å². The first kappa shape index (κ1) is 15.8. The predicted octanol–water partition coefficient (Wildman–Crippen LogP) is 3.11. The van der Waals surface area contributed by atoms with E-state index in [9.17, 15) is 14.0 Å². The summed E-state index contributed by atoms with van der Waals surface area (Å²) in [5.41, 5.74) is -0.0590. The number of nitrogens with one attached hydrogen (secondary N) is 2. The van der Waals surface area contributed by atoms with E-state index in [1.165, 1.54) is 12.1 Å². The molecule has 0 radical (unpaired) electrons. The summed E-state index contributed by atoms with van der Waals surface area (Å²) in [6, 6.07) is 3.86. The standard InChI is InChI=1S/C15H18ClFN2O2/c1-9-4-2-3-5-12(9)18-14(20)15(21)19-13-7-6-10(16)8-11(13)17/h6-9,12H,2-5H2,1H3,(H,18,20)(H,19,21)/t9-,12+/m1/s1. The molecule has 21 heavy (non-hydrogen) atoms. The lowest BCUT2D eigenvalue weighted by Gasteiger charge is -2.29. The first-order chi connectivity index (χ1) is 9.97. The van der Waals surface area contributed by atoms with Gasteiger partial charge in [-0.15, -0.1) is 0 Å². The number of carbonyl (C=O) groups excluding carboxylic acids is 2. The van der Waals surface area contributed by atoms with Crippen molar-refractivity contribution in [2.45, 2.75) is 38.6 Å². The zero-order valence-electron chi connectivity index (χ0n) is 11.8. The van der Waals surface area contributed by atoms with Crippen molar-refractivity contribution in [1.29, 1.82) is 0 Å². The third kappa shape index (κ3) is 4.17. The highest BCUT2D eigenvalue weighted by Gasteiger charge is 2.25. The van der Waals surface area contributed by atoms with Crippen molar-refractivity contribution in [3.63, 3.8) is 0 Å². The minimum absolute atomic E-state index is 0.00654. The molecule has 1 saturated carbocycles. The second-order valence-electron chi connectivity index (χ2n) is 5.42. The Morgan fingerprint density at radius 1 is 1.24 bits per heavy atom. The fourth-order valence-corrected chi connectivity index (χ4v) is 2.69. The number of rotatable bonds is 2. The Bertz CT molecular complexity index is 550. The zero-order chi connectivity index (χ0) is 15.4. The van der Waals surface area contributed by atoms with Crippen LogP contribution in [0.2, 0.25) is 5.02 Å². The average molecular weight is 313 g/mol. The first-order valence-corrected chi connectivity index (χ1v) is 7.42. The molecule has 0 heterocycles. The lowest BCUT2D eigenvalue weighted by molar-refractivity contribution is -0.137. The predicted molar refractivity (Wildman–Crippen MR) is 79.6 cm³/mol. The molecule has 1 aromatic carbocycles. The molecule has 1 aromatic rings. The van der Waals surface area contributed by atoms with Crippen LogP contribution in [0.1, 0.15) is 32.6 Å². The third-order valence-corrected chi connectivity index (χ3v) is 4.05. The van der Waals surface area contributed by atoms with Crippen molar-refractivity contribution < 1.29 is 14.0 Å². The van der Waals surface area contributed by atoms with Gasteiger partial charge < -0.3 is 10.6 Å². The number of carbonyl (C=O) groups is 2. The smallest absolute Gasteiger partial charge is 0.313 e. The van der Waals surface area contributed by atoms with E-state index in [-0.39, 0.29) is 16.8 Å². The third-order valence-electron chi connectivity index (χ3n) is 3.81. The van der Waals surface area contributed by atoms with Crippen LogP contribution in [0.15, 0.2) is 18.2 Å². The molecule has 6 heteroatoms. The summed E-state index contributed by atoms with van der Waals surface area (Å²) in [6.07, 6.45) is 4.10. The van der Waals surface area contributed by atoms with Crippen molar-refractivity contribution in [1.82, 2.24) is 5.32 Å². The number of halogens is 2. The van der Waals surface area contributed by atoms with Crippen molar-refractivity contribution in [3.05, 3.63) is 29.0 Å². The Hall–Kier alpha value is -1.62. The van der Waals surface area contributed by atoms with E-state index >= 15 is 0 Å². The molecule has 114 valence electrons. The second-order valence-corrected chi connectivity index (χ2v) is 5.86. The zero-order valence-corrected chi connectivity index (χ0v) is 12.5. The maximum atomic E-state index is 13.6. The van der Waals surface area contributed by atoms with Gasteiger partial charge in [0.25, 0.3) is 0 Å². The Kier molecular flexibility index (Phi) is 5.17. The molecule has 1 aliphatic carbocycles. The number of amides is 2. The van der Waals surface area contributed by atoms with Gasteiger partial charge in [0.05, 0.1) is 5.69 Å². The highest BCUT2D eigenvalue weighted by atomic mass is 35.5. The second kappa shape index (κ2) is 6.89. The number of hydrogen-bond acceptors (Lipinski definition) is 2. The van der Waals surface area contributed by atoms with Crippen LogP contribution >= 0.6 is 11.6 Å². The summed E-state index contributed by atoms with van der Waals surface area (Å²) in [4.78, 5) is 23.7. The van der Waals surface area contributed by atoms with Crippen LogP contribution in [0.4, 0.5) is 10.1 Å². The van der Waals surface area contributed by atoms with Crippen LogP contribution in [0.25, 0.3) is 0 Å². The van der Waals surface area contributed by atoms with Gasteiger partial charge >= 0.3 is 11.8 Å². The fourth-order valence-electron chi connectivity index (χ4n) is 2.53. The summed E-state index contributed by atoms with van der Waals surface area (Å²) >= 11 is 5.63. The van der Waals surface area contributed by atoms with Gasteiger partial charge in [-0.2, -0.15) is 0 Å². The Balaban J connectivity index is 1.94. The molecule has 2 N–H and O–H groups in total. The van der Waals surface area contributed by atoms with E-state index in [0.717, 1.165) is 31.7 Å². The van der Waals surface area contributed by atoms with E-state index in [2.05, 4.69) is 17.6 Å². The summed E-state index contributed by atoms with van der Waals surface area (Å²) in [7, 11) is 0. The quantitative estimate of drug-likeness (QED) is 0.824. The van der Waals surface area contributed by atoms with Gasteiger partial charge in [0.15, 0.2) is 0 Å².